The van der Waals surface area contributed by atoms with E-state index in [-0.39, 0.29) is 6.42 Å². The van der Waals surface area contributed by atoms with Crippen LogP contribution in [0.3, 0.4) is 0 Å². The number of carboxylic acids is 1. The molecule has 2 heteroatoms. The Morgan fingerprint density at radius 1 is 1.42 bits per heavy atom. The summed E-state index contributed by atoms with van der Waals surface area (Å²) in [5.41, 5.74) is 0. The summed E-state index contributed by atoms with van der Waals surface area (Å²) in [4.78, 5) is 10.1. The predicted molar refractivity (Wildman–Crippen MR) is 48.7 cm³/mol. The molecule has 0 aromatic carbocycles. The molecule has 0 aliphatic rings. The number of hydrogen-bond donors (Lipinski definition) is 1. The average Bonchev–Trinajstić information content (AvgIpc) is 2.02. The van der Waals surface area contributed by atoms with Crippen molar-refractivity contribution in [1.82, 2.24) is 0 Å². The molecular formula is C10H14O2. The van der Waals surface area contributed by atoms with Gasteiger partial charge in [0.05, 0.1) is 6.42 Å². The molecule has 1 N–H and O–H groups in total. The molecule has 0 rings (SSSR count). The summed E-state index contributed by atoms with van der Waals surface area (Å²) in [6.07, 6.45) is 6.42. The van der Waals surface area contributed by atoms with E-state index in [1.54, 1.807) is 0 Å². The fraction of sp³-hybridized carbons (Fsp3) is 0.500. The molecule has 0 spiro atoms. The molecule has 12 heavy (non-hydrogen) atoms. The summed E-state index contributed by atoms with van der Waals surface area (Å²) in [5, 5.41) is 8.28. The highest BCUT2D eigenvalue weighted by Crippen LogP contribution is 1.90. The van der Waals surface area contributed by atoms with Gasteiger partial charge in [0.1, 0.15) is 0 Å². The van der Waals surface area contributed by atoms with Crippen LogP contribution in [-0.2, 0) is 4.79 Å². The van der Waals surface area contributed by atoms with E-state index in [0.29, 0.717) is 6.42 Å². The van der Waals surface area contributed by atoms with Crippen molar-refractivity contribution in [2.75, 3.05) is 0 Å². The Morgan fingerprint density at radius 2 is 2.08 bits per heavy atom. The van der Waals surface area contributed by atoms with E-state index in [1.165, 1.54) is 0 Å². The van der Waals surface area contributed by atoms with Crippen molar-refractivity contribution >= 4 is 5.97 Å². The van der Waals surface area contributed by atoms with Crippen LogP contribution in [0.5, 0.6) is 0 Å². The van der Waals surface area contributed by atoms with Gasteiger partial charge >= 0.3 is 5.97 Å². The lowest BCUT2D eigenvalue weighted by atomic mass is 10.2. The van der Waals surface area contributed by atoms with Gasteiger partial charge in [-0.25, -0.2) is 0 Å². The molecule has 0 aliphatic heterocycles. The first kappa shape index (κ1) is 10.8. The molecule has 0 aromatic heterocycles. The maximum absolute atomic E-state index is 10.1. The molecule has 0 radical (unpaired) electrons. The summed E-state index contributed by atoms with van der Waals surface area (Å²) in [7, 11) is 0. The molecule has 0 atom stereocenters. The van der Waals surface area contributed by atoms with Gasteiger partial charge in [0.15, 0.2) is 0 Å². The number of hydrogen-bond acceptors (Lipinski definition) is 1. The molecule has 0 fully saturated rings. The third-order valence-corrected chi connectivity index (χ3v) is 1.26. The third-order valence-electron chi connectivity index (χ3n) is 1.26. The van der Waals surface area contributed by atoms with E-state index < -0.39 is 5.97 Å². The van der Waals surface area contributed by atoms with Gasteiger partial charge in [-0.1, -0.05) is 12.2 Å². The van der Waals surface area contributed by atoms with Crippen molar-refractivity contribution in [3.8, 4) is 11.8 Å². The van der Waals surface area contributed by atoms with Gasteiger partial charge in [0, 0.05) is 12.8 Å². The number of aliphatic carboxylic acids is 1. The average molecular weight is 166 g/mol. The van der Waals surface area contributed by atoms with Crippen molar-refractivity contribution in [1.29, 1.82) is 0 Å². The minimum Gasteiger partial charge on any atom is -0.481 e. The molecule has 0 bridgehead atoms. The number of unbranched alkanes of at least 4 members (excludes halogenated alkanes) is 1. The van der Waals surface area contributed by atoms with Gasteiger partial charge in [-0.15, -0.1) is 11.8 Å². The van der Waals surface area contributed by atoms with Crippen LogP contribution in [0.25, 0.3) is 0 Å². The second-order valence-electron chi connectivity index (χ2n) is 2.36. The lowest BCUT2D eigenvalue weighted by Gasteiger charge is -1.84. The summed E-state index contributed by atoms with van der Waals surface area (Å²) in [6, 6.07) is 0. The fourth-order valence-corrected chi connectivity index (χ4v) is 0.668. The van der Waals surface area contributed by atoms with Gasteiger partial charge < -0.3 is 5.11 Å². The summed E-state index contributed by atoms with van der Waals surface area (Å²) in [5.74, 6) is 4.94. The van der Waals surface area contributed by atoms with Gasteiger partial charge in [-0.3, -0.25) is 4.79 Å². The highest BCUT2D eigenvalue weighted by molar-refractivity contribution is 5.66. The van der Waals surface area contributed by atoms with Crippen LogP contribution in [0.4, 0.5) is 0 Å². The summed E-state index contributed by atoms with van der Waals surface area (Å²) < 4.78 is 0. The van der Waals surface area contributed by atoms with E-state index in [0.717, 1.165) is 12.8 Å². The van der Waals surface area contributed by atoms with E-state index in [9.17, 15) is 4.79 Å². The van der Waals surface area contributed by atoms with Crippen LogP contribution in [0, 0.1) is 11.8 Å². The first-order valence-electron chi connectivity index (χ1n) is 4.06. The van der Waals surface area contributed by atoms with E-state index in [4.69, 9.17) is 5.11 Å². The normalized spacial score (nSPS) is 9.42. The Hall–Kier alpha value is -1.23. The Bertz CT molecular complexity index is 206. The zero-order chi connectivity index (χ0) is 9.23. The van der Waals surface area contributed by atoms with Crippen molar-refractivity contribution < 1.29 is 9.90 Å². The second-order valence-corrected chi connectivity index (χ2v) is 2.36. The third kappa shape index (κ3) is 8.77. The van der Waals surface area contributed by atoms with Gasteiger partial charge in [-0.05, 0) is 13.3 Å². The molecular weight excluding hydrogens is 152 g/mol. The number of rotatable bonds is 4. The van der Waals surface area contributed by atoms with Crippen molar-refractivity contribution in [2.45, 2.75) is 32.6 Å². The van der Waals surface area contributed by atoms with E-state index in [1.807, 2.05) is 19.1 Å². The van der Waals surface area contributed by atoms with Crippen molar-refractivity contribution in [3.63, 3.8) is 0 Å². The van der Waals surface area contributed by atoms with E-state index >= 15 is 0 Å². The SMILES string of the molecule is C/C=C\CCC#CCCC(=O)O. The maximum atomic E-state index is 10.1. The maximum Gasteiger partial charge on any atom is 0.304 e. The predicted octanol–water partition coefficient (Wildman–Crippen LogP) is 2.21. The smallest absolute Gasteiger partial charge is 0.304 e. The minimum absolute atomic E-state index is 0.149. The summed E-state index contributed by atoms with van der Waals surface area (Å²) in [6.45, 7) is 1.97. The second kappa shape index (κ2) is 7.87. The highest BCUT2D eigenvalue weighted by Gasteiger charge is 1.90. The number of carboxylic acid groups (broad SMARTS) is 1. The standard InChI is InChI=1S/C10H14O2/c1-2-3-4-5-6-7-8-9-10(11)12/h2-3H,4-5,8-9H2,1H3,(H,11,12)/b3-2-. The monoisotopic (exact) mass is 166 g/mol. The molecule has 0 amide bonds. The lowest BCUT2D eigenvalue weighted by molar-refractivity contribution is -0.136. The molecule has 0 unspecified atom stereocenters. The topological polar surface area (TPSA) is 37.3 Å². The summed E-state index contributed by atoms with van der Waals surface area (Å²) >= 11 is 0. The van der Waals surface area contributed by atoms with Gasteiger partial charge in [-0.2, -0.15) is 0 Å². The Kier molecular flexibility index (Phi) is 7.07. The van der Waals surface area contributed by atoms with E-state index in [2.05, 4.69) is 11.8 Å². The molecule has 0 saturated heterocycles. The van der Waals surface area contributed by atoms with Gasteiger partial charge in [0.2, 0.25) is 0 Å². The Morgan fingerprint density at radius 3 is 2.67 bits per heavy atom. The molecule has 0 saturated carbocycles. The molecule has 0 aliphatic carbocycles. The molecule has 66 valence electrons. The Labute approximate surface area is 73.3 Å². The zero-order valence-electron chi connectivity index (χ0n) is 7.34. The zero-order valence-corrected chi connectivity index (χ0v) is 7.34. The quantitative estimate of drug-likeness (QED) is 0.395. The number of allylic oxidation sites excluding steroid dienone is 2. The van der Waals surface area contributed by atoms with Crippen LogP contribution >= 0.6 is 0 Å². The van der Waals surface area contributed by atoms with Crippen molar-refractivity contribution in [2.24, 2.45) is 0 Å². The molecule has 0 heterocycles. The lowest BCUT2D eigenvalue weighted by Crippen LogP contribution is -1.91. The fourth-order valence-electron chi connectivity index (χ4n) is 0.668. The van der Waals surface area contributed by atoms with Crippen LogP contribution < -0.4 is 0 Å². The van der Waals surface area contributed by atoms with Crippen LogP contribution in [0.1, 0.15) is 32.6 Å². The number of carbonyl (C=O) groups is 1. The van der Waals surface area contributed by atoms with Crippen LogP contribution in [0.2, 0.25) is 0 Å². The van der Waals surface area contributed by atoms with Crippen LogP contribution in [-0.4, -0.2) is 11.1 Å². The first-order chi connectivity index (χ1) is 5.77. The Balaban J connectivity index is 3.29. The minimum atomic E-state index is -0.780. The van der Waals surface area contributed by atoms with Crippen LogP contribution in [0.15, 0.2) is 12.2 Å². The molecule has 0 aromatic rings. The first-order valence-corrected chi connectivity index (χ1v) is 4.06. The van der Waals surface area contributed by atoms with Crippen molar-refractivity contribution in [3.05, 3.63) is 12.2 Å². The highest BCUT2D eigenvalue weighted by atomic mass is 16.4. The molecule has 2 nitrogen and oxygen atoms in total. The van der Waals surface area contributed by atoms with Gasteiger partial charge in [0.25, 0.3) is 0 Å². The largest absolute Gasteiger partial charge is 0.481 e.